The highest BCUT2D eigenvalue weighted by Gasteiger charge is 2.16. The van der Waals surface area contributed by atoms with E-state index in [0.29, 0.717) is 21.7 Å². The van der Waals surface area contributed by atoms with Gasteiger partial charge in [-0.1, -0.05) is 55.2 Å². The molecule has 2 aromatic rings. The van der Waals surface area contributed by atoms with Gasteiger partial charge in [-0.3, -0.25) is 9.59 Å². The summed E-state index contributed by atoms with van der Waals surface area (Å²) < 4.78 is 0. The average Bonchev–Trinajstić information content (AvgIpc) is 2.54. The first kappa shape index (κ1) is 20.3. The number of benzene rings is 2. The van der Waals surface area contributed by atoms with E-state index in [9.17, 15) is 9.59 Å². The molecular weight excluding hydrogens is 371 g/mol. The maximum Gasteiger partial charge on any atom is 0.226 e. The summed E-state index contributed by atoms with van der Waals surface area (Å²) >= 11 is 12.0. The zero-order valence-corrected chi connectivity index (χ0v) is 16.6. The van der Waals surface area contributed by atoms with Crippen LogP contribution < -0.4 is 10.2 Å². The van der Waals surface area contributed by atoms with Gasteiger partial charge in [0.05, 0.1) is 0 Å². The standard InChI is InChI=1S/C20H22Cl2N2O2/c1-13(2)18-6-4-5-7-19(18)23-20(26)8-9-24(14(3)25)17-11-15(21)10-16(22)12-17/h4-7,10-13H,8-9H2,1-3H3,(H,23,26). The molecule has 2 aromatic carbocycles. The van der Waals surface area contributed by atoms with Gasteiger partial charge in [-0.15, -0.1) is 0 Å². The molecule has 0 aliphatic carbocycles. The molecule has 1 N–H and O–H groups in total. The predicted octanol–water partition coefficient (Wildman–Crippen LogP) is 5.50. The molecule has 0 bridgehead atoms. The predicted molar refractivity (Wildman–Crippen MR) is 108 cm³/mol. The quantitative estimate of drug-likeness (QED) is 0.705. The Labute approximate surface area is 164 Å². The van der Waals surface area contributed by atoms with Crippen LogP contribution in [0.25, 0.3) is 0 Å². The highest BCUT2D eigenvalue weighted by atomic mass is 35.5. The van der Waals surface area contributed by atoms with Crippen LogP contribution in [0.2, 0.25) is 10.0 Å². The summed E-state index contributed by atoms with van der Waals surface area (Å²) in [6, 6.07) is 12.6. The number of carbonyl (C=O) groups is 2. The number of para-hydroxylation sites is 1. The Morgan fingerprint density at radius 3 is 2.27 bits per heavy atom. The molecular formula is C20H22Cl2N2O2. The van der Waals surface area contributed by atoms with E-state index in [1.807, 2.05) is 24.3 Å². The second kappa shape index (κ2) is 9.06. The number of carbonyl (C=O) groups excluding carboxylic acids is 2. The molecule has 0 heterocycles. The van der Waals surface area contributed by atoms with Crippen molar-refractivity contribution in [2.75, 3.05) is 16.8 Å². The molecule has 0 aliphatic heterocycles. The van der Waals surface area contributed by atoms with Crippen molar-refractivity contribution in [3.8, 4) is 0 Å². The van der Waals surface area contributed by atoms with E-state index in [4.69, 9.17) is 23.2 Å². The fraction of sp³-hybridized carbons (Fsp3) is 0.300. The van der Waals surface area contributed by atoms with E-state index in [2.05, 4.69) is 19.2 Å². The Morgan fingerprint density at radius 1 is 1.08 bits per heavy atom. The van der Waals surface area contributed by atoms with Gasteiger partial charge in [-0.25, -0.2) is 0 Å². The van der Waals surface area contributed by atoms with Crippen molar-refractivity contribution in [1.29, 1.82) is 0 Å². The van der Waals surface area contributed by atoms with Gasteiger partial charge in [-0.05, 0) is 35.7 Å². The number of nitrogens with zero attached hydrogens (tertiary/aromatic N) is 1. The summed E-state index contributed by atoms with van der Waals surface area (Å²) in [4.78, 5) is 25.9. The molecule has 2 amide bonds. The minimum absolute atomic E-state index is 0.155. The van der Waals surface area contributed by atoms with Crippen LogP contribution in [0.1, 0.15) is 38.7 Å². The minimum Gasteiger partial charge on any atom is -0.326 e. The molecule has 26 heavy (non-hydrogen) atoms. The van der Waals surface area contributed by atoms with Gasteiger partial charge in [0, 0.05) is 41.3 Å². The number of rotatable bonds is 6. The topological polar surface area (TPSA) is 49.4 Å². The minimum atomic E-state index is -0.182. The molecule has 0 unspecified atom stereocenters. The highest BCUT2D eigenvalue weighted by Crippen LogP contribution is 2.26. The van der Waals surface area contributed by atoms with Crippen LogP contribution in [0, 0.1) is 0 Å². The third-order valence-electron chi connectivity index (χ3n) is 3.96. The maximum absolute atomic E-state index is 12.4. The molecule has 0 fully saturated rings. The molecule has 0 atom stereocenters. The Morgan fingerprint density at radius 2 is 1.69 bits per heavy atom. The lowest BCUT2D eigenvalue weighted by molar-refractivity contribution is -0.117. The van der Waals surface area contributed by atoms with E-state index >= 15 is 0 Å². The van der Waals surface area contributed by atoms with E-state index < -0.39 is 0 Å². The molecule has 4 nitrogen and oxygen atoms in total. The van der Waals surface area contributed by atoms with Gasteiger partial charge in [0.25, 0.3) is 0 Å². The molecule has 6 heteroatoms. The molecule has 0 spiro atoms. The molecule has 0 aromatic heterocycles. The largest absolute Gasteiger partial charge is 0.326 e. The van der Waals surface area contributed by atoms with Crippen molar-refractivity contribution >= 4 is 46.4 Å². The average molecular weight is 393 g/mol. The highest BCUT2D eigenvalue weighted by molar-refractivity contribution is 6.35. The van der Waals surface area contributed by atoms with Gasteiger partial charge in [0.1, 0.15) is 0 Å². The van der Waals surface area contributed by atoms with Crippen molar-refractivity contribution in [2.24, 2.45) is 0 Å². The lowest BCUT2D eigenvalue weighted by Crippen LogP contribution is -2.32. The SMILES string of the molecule is CC(=O)N(CCC(=O)Nc1ccccc1C(C)C)c1cc(Cl)cc(Cl)c1. The number of hydrogen-bond donors (Lipinski definition) is 1. The van der Waals surface area contributed by atoms with Gasteiger partial charge in [0.2, 0.25) is 11.8 Å². The van der Waals surface area contributed by atoms with Crippen molar-refractivity contribution in [3.05, 3.63) is 58.1 Å². The Hall–Kier alpha value is -2.04. The summed E-state index contributed by atoms with van der Waals surface area (Å²) in [6.07, 6.45) is 0.163. The van der Waals surface area contributed by atoms with Gasteiger partial charge < -0.3 is 10.2 Å². The first-order chi connectivity index (χ1) is 12.3. The molecule has 0 saturated heterocycles. The molecule has 0 aliphatic rings. The summed E-state index contributed by atoms with van der Waals surface area (Å²) in [5, 5.41) is 3.81. The van der Waals surface area contributed by atoms with E-state index in [1.54, 1.807) is 18.2 Å². The number of halogens is 2. The summed E-state index contributed by atoms with van der Waals surface area (Å²) in [6.45, 7) is 5.83. The van der Waals surface area contributed by atoms with Gasteiger partial charge in [0.15, 0.2) is 0 Å². The fourth-order valence-corrected chi connectivity index (χ4v) is 3.22. The first-order valence-corrected chi connectivity index (χ1v) is 9.16. The lowest BCUT2D eigenvalue weighted by atomic mass is 10.0. The Balaban J connectivity index is 2.08. The molecule has 0 saturated carbocycles. The smallest absolute Gasteiger partial charge is 0.226 e. The summed E-state index contributed by atoms with van der Waals surface area (Å²) in [5.41, 5.74) is 2.45. The van der Waals surface area contributed by atoms with Crippen LogP contribution in [0.5, 0.6) is 0 Å². The maximum atomic E-state index is 12.4. The zero-order chi connectivity index (χ0) is 19.3. The van der Waals surface area contributed by atoms with Crippen LogP contribution >= 0.6 is 23.2 Å². The second-order valence-corrected chi connectivity index (χ2v) is 7.21. The number of hydrogen-bond acceptors (Lipinski definition) is 2. The number of amides is 2. The van der Waals surface area contributed by atoms with Crippen LogP contribution in [0.15, 0.2) is 42.5 Å². The molecule has 2 rings (SSSR count). The number of nitrogens with one attached hydrogen (secondary N) is 1. The van der Waals surface area contributed by atoms with Crippen LogP contribution in [-0.2, 0) is 9.59 Å². The lowest BCUT2D eigenvalue weighted by Gasteiger charge is -2.22. The van der Waals surface area contributed by atoms with Crippen LogP contribution in [0.4, 0.5) is 11.4 Å². The third kappa shape index (κ3) is 5.48. The van der Waals surface area contributed by atoms with E-state index in [0.717, 1.165) is 11.3 Å². The Bertz CT molecular complexity index is 786. The van der Waals surface area contributed by atoms with Crippen molar-refractivity contribution < 1.29 is 9.59 Å². The van der Waals surface area contributed by atoms with Crippen molar-refractivity contribution in [3.63, 3.8) is 0 Å². The first-order valence-electron chi connectivity index (χ1n) is 8.41. The normalized spacial score (nSPS) is 10.7. The third-order valence-corrected chi connectivity index (χ3v) is 4.39. The molecule has 0 radical (unpaired) electrons. The summed E-state index contributed by atoms with van der Waals surface area (Å²) in [5.74, 6) is -0.0370. The monoisotopic (exact) mass is 392 g/mol. The van der Waals surface area contributed by atoms with Crippen LogP contribution in [0.3, 0.4) is 0 Å². The van der Waals surface area contributed by atoms with Gasteiger partial charge >= 0.3 is 0 Å². The van der Waals surface area contributed by atoms with E-state index in [1.165, 1.54) is 11.8 Å². The van der Waals surface area contributed by atoms with Gasteiger partial charge in [-0.2, -0.15) is 0 Å². The Kier molecular flexibility index (Phi) is 7.06. The number of anilines is 2. The summed E-state index contributed by atoms with van der Waals surface area (Å²) in [7, 11) is 0. The molecule has 138 valence electrons. The van der Waals surface area contributed by atoms with Crippen molar-refractivity contribution in [2.45, 2.75) is 33.1 Å². The zero-order valence-electron chi connectivity index (χ0n) is 15.1. The second-order valence-electron chi connectivity index (χ2n) is 6.34. The van der Waals surface area contributed by atoms with E-state index in [-0.39, 0.29) is 24.8 Å². The van der Waals surface area contributed by atoms with Crippen molar-refractivity contribution in [1.82, 2.24) is 0 Å². The van der Waals surface area contributed by atoms with Crippen LogP contribution in [-0.4, -0.2) is 18.4 Å². The fourth-order valence-electron chi connectivity index (χ4n) is 2.70.